The zero-order valence-electron chi connectivity index (χ0n) is 8.27. The van der Waals surface area contributed by atoms with Gasteiger partial charge in [-0.25, -0.2) is 0 Å². The van der Waals surface area contributed by atoms with E-state index in [1.807, 2.05) is 30.3 Å². The van der Waals surface area contributed by atoms with Gasteiger partial charge >= 0.3 is 0 Å². The maximum absolute atomic E-state index is 9.31. The van der Waals surface area contributed by atoms with Gasteiger partial charge in [0.1, 0.15) is 17.6 Å². The lowest BCUT2D eigenvalue weighted by Gasteiger charge is -1.99. The summed E-state index contributed by atoms with van der Waals surface area (Å²) in [4.78, 5) is 0. The molecular formula is C12H11ClO2. The van der Waals surface area contributed by atoms with Crippen LogP contribution < -0.4 is 0 Å². The van der Waals surface area contributed by atoms with Crippen LogP contribution in [-0.4, -0.2) is 5.11 Å². The maximum Gasteiger partial charge on any atom is 0.134 e. The molecule has 0 saturated heterocycles. The van der Waals surface area contributed by atoms with E-state index in [0.29, 0.717) is 10.8 Å². The van der Waals surface area contributed by atoms with E-state index >= 15 is 0 Å². The number of hydrogen-bond acceptors (Lipinski definition) is 2. The highest BCUT2D eigenvalue weighted by Crippen LogP contribution is 2.26. The van der Waals surface area contributed by atoms with Gasteiger partial charge in [-0.1, -0.05) is 11.6 Å². The molecule has 0 unspecified atom stereocenters. The van der Waals surface area contributed by atoms with E-state index in [0.717, 1.165) is 11.3 Å². The van der Waals surface area contributed by atoms with Crippen molar-refractivity contribution in [2.45, 2.75) is 13.0 Å². The van der Waals surface area contributed by atoms with Crippen molar-refractivity contribution in [2.24, 2.45) is 0 Å². The van der Waals surface area contributed by atoms with Gasteiger partial charge in [-0.3, -0.25) is 0 Å². The molecule has 0 radical (unpaired) electrons. The zero-order chi connectivity index (χ0) is 10.8. The molecule has 1 atom stereocenters. The van der Waals surface area contributed by atoms with E-state index in [-0.39, 0.29) is 0 Å². The lowest BCUT2D eigenvalue weighted by molar-refractivity contribution is 0.170. The molecule has 0 bridgehead atoms. The van der Waals surface area contributed by atoms with Crippen LogP contribution in [0.1, 0.15) is 18.8 Å². The largest absolute Gasteiger partial charge is 0.458 e. The van der Waals surface area contributed by atoms with E-state index in [2.05, 4.69) is 0 Å². The molecule has 0 amide bonds. The number of halogens is 1. The molecule has 3 heteroatoms. The Balaban J connectivity index is 2.33. The highest BCUT2D eigenvalue weighted by atomic mass is 35.5. The fourth-order valence-electron chi connectivity index (χ4n) is 1.35. The standard InChI is InChI=1S/C12H11ClO2/c1-8(14)11-6-7-12(15-11)9-2-4-10(13)5-3-9/h2-8,14H,1H3/t8-/m0/s1. The van der Waals surface area contributed by atoms with E-state index in [1.54, 1.807) is 13.0 Å². The molecule has 78 valence electrons. The highest BCUT2D eigenvalue weighted by molar-refractivity contribution is 6.30. The van der Waals surface area contributed by atoms with Gasteiger partial charge in [0.15, 0.2) is 0 Å². The minimum absolute atomic E-state index is 0.569. The van der Waals surface area contributed by atoms with Gasteiger partial charge in [0.05, 0.1) is 0 Å². The average molecular weight is 223 g/mol. The summed E-state index contributed by atoms with van der Waals surface area (Å²) in [7, 11) is 0. The summed E-state index contributed by atoms with van der Waals surface area (Å²) < 4.78 is 5.48. The van der Waals surface area contributed by atoms with Gasteiger partial charge in [0.2, 0.25) is 0 Å². The Morgan fingerprint density at radius 1 is 1.13 bits per heavy atom. The summed E-state index contributed by atoms with van der Waals surface area (Å²) in [6.07, 6.45) is -0.578. The molecule has 0 aliphatic rings. The smallest absolute Gasteiger partial charge is 0.134 e. The summed E-state index contributed by atoms with van der Waals surface area (Å²) in [5.41, 5.74) is 0.950. The Morgan fingerprint density at radius 3 is 2.33 bits per heavy atom. The Bertz CT molecular complexity index is 443. The molecule has 0 saturated carbocycles. The molecule has 0 fully saturated rings. The van der Waals surface area contributed by atoms with Crippen LogP contribution in [0, 0.1) is 0 Å². The Kier molecular flexibility index (Phi) is 2.80. The van der Waals surface area contributed by atoms with Gasteiger partial charge in [-0.15, -0.1) is 0 Å². The van der Waals surface area contributed by atoms with Crippen LogP contribution in [0.4, 0.5) is 0 Å². The summed E-state index contributed by atoms with van der Waals surface area (Å²) in [6, 6.07) is 11.0. The Morgan fingerprint density at radius 2 is 1.80 bits per heavy atom. The van der Waals surface area contributed by atoms with Gasteiger partial charge in [0.25, 0.3) is 0 Å². The first-order valence-corrected chi connectivity index (χ1v) is 5.08. The number of furan rings is 1. The third kappa shape index (κ3) is 2.22. The van der Waals surface area contributed by atoms with Crippen molar-refractivity contribution in [3.63, 3.8) is 0 Å². The van der Waals surface area contributed by atoms with Crippen LogP contribution in [0.3, 0.4) is 0 Å². The SMILES string of the molecule is C[C@H](O)c1ccc(-c2ccc(Cl)cc2)o1. The van der Waals surface area contributed by atoms with Gasteiger partial charge in [-0.2, -0.15) is 0 Å². The van der Waals surface area contributed by atoms with Crippen LogP contribution >= 0.6 is 11.6 Å². The molecule has 2 nitrogen and oxygen atoms in total. The molecular weight excluding hydrogens is 212 g/mol. The third-order valence-corrected chi connectivity index (χ3v) is 2.42. The van der Waals surface area contributed by atoms with Crippen molar-refractivity contribution >= 4 is 11.6 Å². The fraction of sp³-hybridized carbons (Fsp3) is 0.167. The molecule has 2 rings (SSSR count). The molecule has 1 aromatic carbocycles. The van der Waals surface area contributed by atoms with Gasteiger partial charge in [-0.05, 0) is 43.3 Å². The van der Waals surface area contributed by atoms with Crippen molar-refractivity contribution in [1.82, 2.24) is 0 Å². The summed E-state index contributed by atoms with van der Waals surface area (Å²) in [5.74, 6) is 1.31. The lowest BCUT2D eigenvalue weighted by Crippen LogP contribution is -1.85. The Hall–Kier alpha value is -1.25. The predicted octanol–water partition coefficient (Wildman–Crippen LogP) is 3.65. The number of aliphatic hydroxyl groups excluding tert-OH is 1. The molecule has 15 heavy (non-hydrogen) atoms. The van der Waals surface area contributed by atoms with Crippen LogP contribution in [0.25, 0.3) is 11.3 Å². The number of benzene rings is 1. The summed E-state index contributed by atoms with van der Waals surface area (Å²) in [6.45, 7) is 1.67. The van der Waals surface area contributed by atoms with Crippen molar-refractivity contribution < 1.29 is 9.52 Å². The quantitative estimate of drug-likeness (QED) is 0.842. The normalized spacial score (nSPS) is 12.7. The van der Waals surface area contributed by atoms with E-state index in [4.69, 9.17) is 16.0 Å². The first kappa shape index (κ1) is 10.3. The number of aliphatic hydroxyl groups is 1. The first-order chi connectivity index (χ1) is 7.16. The van der Waals surface area contributed by atoms with Crippen LogP contribution in [-0.2, 0) is 0 Å². The summed E-state index contributed by atoms with van der Waals surface area (Å²) in [5, 5.41) is 10.0. The van der Waals surface area contributed by atoms with E-state index in [1.165, 1.54) is 0 Å². The molecule has 0 aliphatic heterocycles. The van der Waals surface area contributed by atoms with Gasteiger partial charge in [0, 0.05) is 10.6 Å². The topological polar surface area (TPSA) is 33.4 Å². The lowest BCUT2D eigenvalue weighted by atomic mass is 10.2. The highest BCUT2D eigenvalue weighted by Gasteiger charge is 2.08. The van der Waals surface area contributed by atoms with E-state index < -0.39 is 6.10 Å². The van der Waals surface area contributed by atoms with Crippen LogP contribution in [0.15, 0.2) is 40.8 Å². The van der Waals surface area contributed by atoms with Crippen molar-refractivity contribution in [3.05, 3.63) is 47.2 Å². The Labute approximate surface area is 93.1 Å². The second kappa shape index (κ2) is 4.09. The average Bonchev–Trinajstić information content (AvgIpc) is 2.68. The fourth-order valence-corrected chi connectivity index (χ4v) is 1.47. The summed E-state index contributed by atoms with van der Waals surface area (Å²) >= 11 is 5.78. The number of rotatable bonds is 2. The minimum atomic E-state index is -0.578. The molecule has 1 N–H and O–H groups in total. The molecule has 1 aromatic heterocycles. The van der Waals surface area contributed by atoms with Crippen LogP contribution in [0.2, 0.25) is 5.02 Å². The second-order valence-corrected chi connectivity index (χ2v) is 3.82. The minimum Gasteiger partial charge on any atom is -0.458 e. The molecule has 1 heterocycles. The van der Waals surface area contributed by atoms with Crippen molar-refractivity contribution in [3.8, 4) is 11.3 Å². The maximum atomic E-state index is 9.31. The number of hydrogen-bond donors (Lipinski definition) is 1. The van der Waals surface area contributed by atoms with E-state index in [9.17, 15) is 5.11 Å². The molecule has 0 aliphatic carbocycles. The first-order valence-electron chi connectivity index (χ1n) is 4.70. The third-order valence-electron chi connectivity index (χ3n) is 2.17. The van der Waals surface area contributed by atoms with Gasteiger partial charge < -0.3 is 9.52 Å². The monoisotopic (exact) mass is 222 g/mol. The van der Waals surface area contributed by atoms with Crippen molar-refractivity contribution in [2.75, 3.05) is 0 Å². The van der Waals surface area contributed by atoms with Crippen LogP contribution in [0.5, 0.6) is 0 Å². The predicted molar refractivity (Wildman–Crippen MR) is 59.8 cm³/mol. The molecule has 2 aromatic rings. The second-order valence-electron chi connectivity index (χ2n) is 3.38. The van der Waals surface area contributed by atoms with Crippen molar-refractivity contribution in [1.29, 1.82) is 0 Å². The molecule has 0 spiro atoms. The zero-order valence-corrected chi connectivity index (χ0v) is 9.03.